The Bertz CT molecular complexity index is 204. The Morgan fingerprint density at radius 2 is 2.19 bits per heavy atom. The van der Waals surface area contributed by atoms with Crippen LogP contribution in [0.15, 0.2) is 0 Å². The lowest BCUT2D eigenvalue weighted by atomic mass is 9.91. The van der Waals surface area contributed by atoms with Crippen LogP contribution in [0.25, 0.3) is 0 Å². The summed E-state index contributed by atoms with van der Waals surface area (Å²) in [4.78, 5) is 2.46. The number of hydrogen-bond donors (Lipinski definition) is 1. The van der Waals surface area contributed by atoms with Crippen molar-refractivity contribution < 1.29 is 4.74 Å². The number of likely N-dealkylation sites (tertiary alicyclic amines) is 1. The first kappa shape index (κ1) is 12.3. The molecular formula is C13H26N2O. The van der Waals surface area contributed by atoms with Gasteiger partial charge in [-0.25, -0.2) is 0 Å². The third-order valence-corrected chi connectivity index (χ3v) is 4.03. The zero-order chi connectivity index (χ0) is 11.4. The monoisotopic (exact) mass is 226 g/mol. The molecule has 3 heteroatoms. The molecule has 1 N–H and O–H groups in total. The van der Waals surface area contributed by atoms with Crippen LogP contribution < -0.4 is 5.32 Å². The summed E-state index contributed by atoms with van der Waals surface area (Å²) in [5.41, 5.74) is 0. The van der Waals surface area contributed by atoms with Gasteiger partial charge in [-0.2, -0.15) is 0 Å². The Kier molecular flexibility index (Phi) is 4.62. The van der Waals surface area contributed by atoms with Crippen LogP contribution in [0.3, 0.4) is 0 Å². The van der Waals surface area contributed by atoms with Crippen molar-refractivity contribution in [1.29, 1.82) is 0 Å². The molecule has 2 rings (SSSR count). The smallest absolute Gasteiger partial charge is 0.0619 e. The highest BCUT2D eigenvalue weighted by atomic mass is 16.5. The summed E-state index contributed by atoms with van der Waals surface area (Å²) >= 11 is 0. The third-order valence-electron chi connectivity index (χ3n) is 4.03. The fourth-order valence-electron chi connectivity index (χ4n) is 2.99. The van der Waals surface area contributed by atoms with Crippen molar-refractivity contribution >= 4 is 0 Å². The van der Waals surface area contributed by atoms with Crippen LogP contribution in [-0.4, -0.2) is 50.3 Å². The summed E-state index contributed by atoms with van der Waals surface area (Å²) in [5.74, 6) is 0.820. The molecule has 3 nitrogen and oxygen atoms in total. The van der Waals surface area contributed by atoms with E-state index >= 15 is 0 Å². The molecule has 0 aromatic rings. The maximum absolute atomic E-state index is 5.52. The van der Waals surface area contributed by atoms with E-state index in [0.717, 1.165) is 19.1 Å². The Morgan fingerprint density at radius 1 is 1.31 bits per heavy atom. The van der Waals surface area contributed by atoms with Gasteiger partial charge in [-0.3, -0.25) is 0 Å². The van der Waals surface area contributed by atoms with Gasteiger partial charge in [0.05, 0.1) is 6.61 Å². The third kappa shape index (κ3) is 3.44. The first-order valence-corrected chi connectivity index (χ1v) is 6.78. The van der Waals surface area contributed by atoms with Crippen LogP contribution in [0.5, 0.6) is 0 Å². The van der Waals surface area contributed by atoms with Gasteiger partial charge in [-0.05, 0) is 52.1 Å². The highest BCUT2D eigenvalue weighted by molar-refractivity contribution is 4.82. The van der Waals surface area contributed by atoms with Crippen LogP contribution in [0.1, 0.15) is 32.6 Å². The zero-order valence-corrected chi connectivity index (χ0v) is 10.7. The molecular weight excluding hydrogens is 200 g/mol. The summed E-state index contributed by atoms with van der Waals surface area (Å²) in [6.07, 6.45) is 5.24. The van der Waals surface area contributed by atoms with Crippen molar-refractivity contribution in [3.8, 4) is 0 Å². The van der Waals surface area contributed by atoms with Crippen LogP contribution in [0, 0.1) is 5.92 Å². The van der Waals surface area contributed by atoms with Crippen molar-refractivity contribution in [1.82, 2.24) is 10.2 Å². The van der Waals surface area contributed by atoms with Gasteiger partial charge in [0, 0.05) is 25.2 Å². The molecule has 2 aliphatic rings. The normalized spacial score (nSPS) is 34.9. The van der Waals surface area contributed by atoms with E-state index in [2.05, 4.69) is 24.2 Å². The van der Waals surface area contributed by atoms with Crippen molar-refractivity contribution in [2.24, 2.45) is 5.92 Å². The topological polar surface area (TPSA) is 24.5 Å². The van der Waals surface area contributed by atoms with Crippen LogP contribution in [-0.2, 0) is 4.74 Å². The second-order valence-electron chi connectivity index (χ2n) is 5.53. The average molecular weight is 226 g/mol. The van der Waals surface area contributed by atoms with E-state index in [4.69, 9.17) is 4.74 Å². The fraction of sp³-hybridized carbons (Fsp3) is 1.00. The minimum atomic E-state index is 0.594. The van der Waals surface area contributed by atoms with Crippen LogP contribution in [0.4, 0.5) is 0 Å². The summed E-state index contributed by atoms with van der Waals surface area (Å²) < 4.78 is 5.52. The lowest BCUT2D eigenvalue weighted by molar-refractivity contribution is 0.0603. The molecule has 3 unspecified atom stereocenters. The van der Waals surface area contributed by atoms with Crippen molar-refractivity contribution in [3.63, 3.8) is 0 Å². The number of ether oxygens (including phenoxy) is 1. The Balaban J connectivity index is 1.75. The predicted octanol–water partition coefficient (Wildman–Crippen LogP) is 1.49. The van der Waals surface area contributed by atoms with Gasteiger partial charge >= 0.3 is 0 Å². The van der Waals surface area contributed by atoms with Gasteiger partial charge in [0.1, 0.15) is 0 Å². The molecule has 0 saturated carbocycles. The maximum atomic E-state index is 5.52. The van der Waals surface area contributed by atoms with E-state index < -0.39 is 0 Å². The predicted molar refractivity (Wildman–Crippen MR) is 66.7 cm³/mol. The van der Waals surface area contributed by atoms with Crippen molar-refractivity contribution in [2.75, 3.05) is 33.4 Å². The molecule has 0 spiro atoms. The van der Waals surface area contributed by atoms with Gasteiger partial charge in [-0.15, -0.1) is 0 Å². The van der Waals surface area contributed by atoms with Crippen molar-refractivity contribution in [2.45, 2.75) is 44.7 Å². The van der Waals surface area contributed by atoms with E-state index in [1.54, 1.807) is 0 Å². The van der Waals surface area contributed by atoms with E-state index in [1.807, 2.05) is 0 Å². The molecule has 0 aromatic heterocycles. The Morgan fingerprint density at radius 3 is 2.88 bits per heavy atom. The SMILES string of the molecule is CC(NC1CCCOC1)C1CCCN(C)C1. The summed E-state index contributed by atoms with van der Waals surface area (Å²) in [6.45, 7) is 6.74. The van der Waals surface area contributed by atoms with E-state index in [1.165, 1.54) is 38.8 Å². The molecule has 0 aromatic carbocycles. The number of hydrogen-bond acceptors (Lipinski definition) is 3. The minimum Gasteiger partial charge on any atom is -0.380 e. The summed E-state index contributed by atoms with van der Waals surface area (Å²) in [7, 11) is 2.24. The Labute approximate surface area is 99.5 Å². The standard InChI is InChI=1S/C13H26N2O/c1-11(12-5-3-7-15(2)9-12)14-13-6-4-8-16-10-13/h11-14H,3-10H2,1-2H3. The first-order valence-electron chi connectivity index (χ1n) is 6.78. The molecule has 94 valence electrons. The second kappa shape index (κ2) is 5.99. The minimum absolute atomic E-state index is 0.594. The number of rotatable bonds is 3. The molecule has 0 amide bonds. The van der Waals surface area contributed by atoms with E-state index in [0.29, 0.717) is 12.1 Å². The van der Waals surface area contributed by atoms with Crippen LogP contribution in [0.2, 0.25) is 0 Å². The number of nitrogens with zero attached hydrogens (tertiary/aromatic N) is 1. The molecule has 2 heterocycles. The molecule has 2 saturated heterocycles. The number of nitrogens with one attached hydrogen (secondary N) is 1. The first-order chi connectivity index (χ1) is 7.75. The molecule has 0 aliphatic carbocycles. The second-order valence-corrected chi connectivity index (χ2v) is 5.53. The lowest BCUT2D eigenvalue weighted by Gasteiger charge is -2.36. The Hall–Kier alpha value is -0.120. The van der Waals surface area contributed by atoms with E-state index in [-0.39, 0.29) is 0 Å². The molecule has 2 aliphatic heterocycles. The molecule has 0 bridgehead atoms. The molecule has 0 radical (unpaired) electrons. The fourth-order valence-corrected chi connectivity index (χ4v) is 2.99. The highest BCUT2D eigenvalue weighted by Crippen LogP contribution is 2.19. The number of piperidine rings is 1. The summed E-state index contributed by atoms with van der Waals surface area (Å²) in [6, 6.07) is 1.23. The molecule has 3 atom stereocenters. The van der Waals surface area contributed by atoms with Gasteiger partial charge in [-0.1, -0.05) is 0 Å². The highest BCUT2D eigenvalue weighted by Gasteiger charge is 2.25. The van der Waals surface area contributed by atoms with Gasteiger partial charge in [0.2, 0.25) is 0 Å². The largest absolute Gasteiger partial charge is 0.380 e. The van der Waals surface area contributed by atoms with Gasteiger partial charge in [0.25, 0.3) is 0 Å². The van der Waals surface area contributed by atoms with Crippen LogP contribution >= 0.6 is 0 Å². The van der Waals surface area contributed by atoms with E-state index in [9.17, 15) is 0 Å². The summed E-state index contributed by atoms with van der Waals surface area (Å²) in [5, 5.41) is 3.76. The zero-order valence-electron chi connectivity index (χ0n) is 10.7. The molecule has 2 fully saturated rings. The maximum Gasteiger partial charge on any atom is 0.0619 e. The van der Waals surface area contributed by atoms with Gasteiger partial charge < -0.3 is 15.0 Å². The average Bonchev–Trinajstić information content (AvgIpc) is 2.30. The molecule has 16 heavy (non-hydrogen) atoms. The van der Waals surface area contributed by atoms with Crippen molar-refractivity contribution in [3.05, 3.63) is 0 Å². The van der Waals surface area contributed by atoms with Gasteiger partial charge in [0.15, 0.2) is 0 Å². The quantitative estimate of drug-likeness (QED) is 0.789. The lowest BCUT2D eigenvalue weighted by Crippen LogP contribution is -2.48.